The van der Waals surface area contributed by atoms with Crippen molar-refractivity contribution in [1.82, 2.24) is 0 Å². The van der Waals surface area contributed by atoms with E-state index in [1.807, 2.05) is 24.3 Å². The van der Waals surface area contributed by atoms with Crippen LogP contribution < -0.4 is 10.1 Å². The molecule has 2 aromatic rings. The first kappa shape index (κ1) is 20.9. The van der Waals surface area contributed by atoms with Crippen molar-refractivity contribution in [3.8, 4) is 5.75 Å². The lowest BCUT2D eigenvalue weighted by Gasteiger charge is -2.19. The Morgan fingerprint density at radius 3 is 2.41 bits per heavy atom. The molecule has 1 amide bonds. The quantitative estimate of drug-likeness (QED) is 0.356. The number of halogens is 1. The third-order valence-electron chi connectivity index (χ3n) is 3.97. The highest BCUT2D eigenvalue weighted by molar-refractivity contribution is 9.10. The Balaban J connectivity index is 1.77. The normalized spacial score (nSPS) is 11.1. The van der Waals surface area contributed by atoms with Gasteiger partial charge in [0.15, 0.2) is 0 Å². The summed E-state index contributed by atoms with van der Waals surface area (Å²) >= 11 is 3.23. The molecule has 0 aromatic heterocycles. The number of anilines is 1. The van der Waals surface area contributed by atoms with Crippen LogP contribution in [-0.2, 0) is 10.2 Å². The lowest BCUT2D eigenvalue weighted by atomic mass is 9.87. The van der Waals surface area contributed by atoms with Crippen LogP contribution in [0, 0.1) is 10.1 Å². The Bertz CT molecular complexity index is 814. The molecule has 0 bridgehead atoms. The highest BCUT2D eigenvalue weighted by Crippen LogP contribution is 2.27. The smallest absolute Gasteiger partial charge is 0.270 e. The summed E-state index contributed by atoms with van der Waals surface area (Å²) in [6, 6.07) is 12.2. The van der Waals surface area contributed by atoms with Gasteiger partial charge in [0.2, 0.25) is 5.91 Å². The predicted octanol–water partition coefficient (Wildman–Crippen LogP) is 5.45. The first-order valence-electron chi connectivity index (χ1n) is 8.64. The Morgan fingerprint density at radius 2 is 1.85 bits per heavy atom. The fraction of sp³-hybridized carbons (Fsp3) is 0.350. The highest BCUT2D eigenvalue weighted by atomic mass is 79.9. The van der Waals surface area contributed by atoms with E-state index in [0.717, 1.165) is 5.75 Å². The number of carbonyl (C=O) groups excluding carboxylic acids is 1. The number of carbonyl (C=O) groups is 1. The zero-order valence-corrected chi connectivity index (χ0v) is 17.2. The van der Waals surface area contributed by atoms with Crippen LogP contribution in [0.5, 0.6) is 5.75 Å². The van der Waals surface area contributed by atoms with Crippen molar-refractivity contribution in [2.24, 2.45) is 0 Å². The van der Waals surface area contributed by atoms with Gasteiger partial charge in [-0.1, -0.05) is 32.9 Å². The number of amides is 1. The van der Waals surface area contributed by atoms with Gasteiger partial charge in [0.05, 0.1) is 17.2 Å². The molecule has 27 heavy (non-hydrogen) atoms. The molecule has 0 spiro atoms. The Morgan fingerprint density at radius 1 is 1.19 bits per heavy atom. The molecule has 0 saturated carbocycles. The number of non-ortho nitro benzene ring substituents is 1. The SMILES string of the molecule is CC(C)(C)c1ccc(OCCCC(=O)Nc2ccc([N+](=O)[O-])cc2Br)cc1. The number of benzene rings is 2. The summed E-state index contributed by atoms with van der Waals surface area (Å²) in [4.78, 5) is 22.3. The number of nitrogens with zero attached hydrogens (tertiary/aromatic N) is 1. The molecule has 7 heteroatoms. The second kappa shape index (κ2) is 8.99. The number of nitrogens with one attached hydrogen (secondary N) is 1. The maximum absolute atomic E-state index is 12.0. The van der Waals surface area contributed by atoms with Gasteiger partial charge in [0.25, 0.3) is 5.69 Å². The van der Waals surface area contributed by atoms with E-state index >= 15 is 0 Å². The first-order chi connectivity index (χ1) is 12.7. The third kappa shape index (κ3) is 6.36. The maximum Gasteiger partial charge on any atom is 0.270 e. The number of hydrogen-bond acceptors (Lipinski definition) is 4. The number of nitro groups is 1. The van der Waals surface area contributed by atoms with E-state index in [9.17, 15) is 14.9 Å². The first-order valence-corrected chi connectivity index (χ1v) is 9.43. The van der Waals surface area contributed by atoms with Crippen LogP contribution in [-0.4, -0.2) is 17.4 Å². The van der Waals surface area contributed by atoms with Crippen LogP contribution >= 0.6 is 15.9 Å². The second-order valence-electron chi connectivity index (χ2n) is 7.20. The van der Waals surface area contributed by atoms with Crippen molar-refractivity contribution >= 4 is 33.2 Å². The standard InChI is InChI=1S/C20H23BrN2O4/c1-20(2,3)14-6-9-16(10-7-14)27-12-4-5-19(24)22-18-11-8-15(23(25)26)13-17(18)21/h6-11,13H,4-5,12H2,1-3H3,(H,22,24). The minimum atomic E-state index is -0.484. The molecule has 0 heterocycles. The van der Waals surface area contributed by atoms with Crippen LogP contribution in [0.4, 0.5) is 11.4 Å². The lowest BCUT2D eigenvalue weighted by Crippen LogP contribution is -2.13. The largest absolute Gasteiger partial charge is 0.494 e. The van der Waals surface area contributed by atoms with Crippen molar-refractivity contribution in [3.63, 3.8) is 0 Å². The fourth-order valence-electron chi connectivity index (χ4n) is 2.41. The van der Waals surface area contributed by atoms with E-state index in [1.165, 1.54) is 23.8 Å². The van der Waals surface area contributed by atoms with Crippen LogP contribution in [0.25, 0.3) is 0 Å². The molecule has 0 unspecified atom stereocenters. The topological polar surface area (TPSA) is 81.5 Å². The van der Waals surface area contributed by atoms with E-state index in [4.69, 9.17) is 4.74 Å². The summed E-state index contributed by atoms with van der Waals surface area (Å²) in [5.41, 5.74) is 1.81. The van der Waals surface area contributed by atoms with Gasteiger partial charge in [-0.25, -0.2) is 0 Å². The zero-order chi connectivity index (χ0) is 20.0. The van der Waals surface area contributed by atoms with E-state index in [-0.39, 0.29) is 17.0 Å². The molecule has 0 fully saturated rings. The number of hydrogen-bond donors (Lipinski definition) is 1. The number of rotatable bonds is 7. The molecule has 2 rings (SSSR count). The van der Waals surface area contributed by atoms with Crippen molar-refractivity contribution in [2.75, 3.05) is 11.9 Å². The molecule has 6 nitrogen and oxygen atoms in total. The molecular formula is C20H23BrN2O4. The zero-order valence-electron chi connectivity index (χ0n) is 15.6. The van der Waals surface area contributed by atoms with Gasteiger partial charge in [-0.05, 0) is 51.5 Å². The molecule has 0 saturated heterocycles. The highest BCUT2D eigenvalue weighted by Gasteiger charge is 2.13. The van der Waals surface area contributed by atoms with Gasteiger partial charge in [-0.2, -0.15) is 0 Å². The Labute approximate surface area is 167 Å². The number of ether oxygens (including phenoxy) is 1. The molecule has 0 aliphatic carbocycles. The van der Waals surface area contributed by atoms with Crippen LogP contribution in [0.15, 0.2) is 46.9 Å². The molecule has 1 N–H and O–H groups in total. The van der Waals surface area contributed by atoms with Crippen molar-refractivity contribution in [2.45, 2.75) is 39.0 Å². The van der Waals surface area contributed by atoms with Crippen molar-refractivity contribution < 1.29 is 14.5 Å². The van der Waals surface area contributed by atoms with E-state index in [0.29, 0.717) is 29.6 Å². The summed E-state index contributed by atoms with van der Waals surface area (Å²) in [5.74, 6) is 0.609. The summed E-state index contributed by atoms with van der Waals surface area (Å²) in [7, 11) is 0. The average molecular weight is 435 g/mol. The van der Waals surface area contributed by atoms with Gasteiger partial charge < -0.3 is 10.1 Å². The van der Waals surface area contributed by atoms with Gasteiger partial charge >= 0.3 is 0 Å². The van der Waals surface area contributed by atoms with Gasteiger partial charge in [-0.15, -0.1) is 0 Å². The van der Waals surface area contributed by atoms with Crippen molar-refractivity contribution in [1.29, 1.82) is 0 Å². The molecule has 144 valence electrons. The Kier molecular flexibility index (Phi) is 6.96. The molecule has 0 aliphatic rings. The minimum absolute atomic E-state index is 0.0363. The van der Waals surface area contributed by atoms with Crippen LogP contribution in [0.2, 0.25) is 0 Å². The Hall–Kier alpha value is -2.41. The molecular weight excluding hydrogens is 412 g/mol. The van der Waals surface area contributed by atoms with Gasteiger partial charge in [0.1, 0.15) is 5.75 Å². The molecule has 0 aliphatic heterocycles. The summed E-state index contributed by atoms with van der Waals surface area (Å²) in [6.45, 7) is 6.91. The lowest BCUT2D eigenvalue weighted by molar-refractivity contribution is -0.384. The van der Waals surface area contributed by atoms with Crippen molar-refractivity contribution in [3.05, 3.63) is 62.6 Å². The molecule has 0 radical (unpaired) electrons. The molecule has 2 aromatic carbocycles. The number of nitro benzene ring substituents is 1. The minimum Gasteiger partial charge on any atom is -0.494 e. The fourth-order valence-corrected chi connectivity index (χ4v) is 2.87. The summed E-state index contributed by atoms with van der Waals surface area (Å²) in [6.07, 6.45) is 0.862. The third-order valence-corrected chi connectivity index (χ3v) is 4.63. The van der Waals surface area contributed by atoms with Gasteiger partial charge in [-0.3, -0.25) is 14.9 Å². The average Bonchev–Trinajstić information content (AvgIpc) is 2.60. The predicted molar refractivity (Wildman–Crippen MR) is 109 cm³/mol. The van der Waals surface area contributed by atoms with E-state index in [2.05, 4.69) is 42.0 Å². The molecule has 0 atom stereocenters. The monoisotopic (exact) mass is 434 g/mol. The van der Waals surface area contributed by atoms with E-state index in [1.54, 1.807) is 0 Å². The van der Waals surface area contributed by atoms with Crippen LogP contribution in [0.3, 0.4) is 0 Å². The van der Waals surface area contributed by atoms with Crippen LogP contribution in [0.1, 0.15) is 39.2 Å². The van der Waals surface area contributed by atoms with E-state index < -0.39 is 4.92 Å². The maximum atomic E-state index is 12.0. The van der Waals surface area contributed by atoms with Gasteiger partial charge in [0, 0.05) is 23.0 Å². The summed E-state index contributed by atoms with van der Waals surface area (Å²) in [5, 5.41) is 13.5. The summed E-state index contributed by atoms with van der Waals surface area (Å²) < 4.78 is 6.15. The second-order valence-corrected chi connectivity index (χ2v) is 8.05.